The highest BCUT2D eigenvalue weighted by Crippen LogP contribution is 2.25. The lowest BCUT2D eigenvalue weighted by atomic mass is 10.2. The van der Waals surface area contributed by atoms with Crippen LogP contribution in [-0.4, -0.2) is 8.42 Å². The predicted octanol–water partition coefficient (Wildman–Crippen LogP) is 3.67. The number of sulfonamides is 1. The Morgan fingerprint density at radius 2 is 2.00 bits per heavy atom. The lowest BCUT2D eigenvalue weighted by Crippen LogP contribution is -2.14. The van der Waals surface area contributed by atoms with E-state index in [1.807, 2.05) is 18.2 Å². The number of nitrogens with two attached hydrogens (primary N) is 1. The number of hydrogen-bond donors (Lipinski definition) is 2. The SMILES string of the molecule is Cc1c(NCc2ccc(Cl)c(Br)c2)cccc1S(N)(=O)=O. The predicted molar refractivity (Wildman–Crippen MR) is 89.0 cm³/mol. The van der Waals surface area contributed by atoms with Gasteiger partial charge in [0.1, 0.15) is 0 Å². The molecule has 0 saturated carbocycles. The highest BCUT2D eigenvalue weighted by molar-refractivity contribution is 9.10. The first kappa shape index (κ1) is 16.3. The van der Waals surface area contributed by atoms with Crippen LogP contribution < -0.4 is 10.5 Å². The second-order valence-electron chi connectivity index (χ2n) is 4.58. The third-order valence-electron chi connectivity index (χ3n) is 3.06. The molecule has 2 aromatic carbocycles. The first-order valence-corrected chi connectivity index (χ1v) is 8.81. The Morgan fingerprint density at radius 1 is 1.29 bits per heavy atom. The van der Waals surface area contributed by atoms with E-state index in [4.69, 9.17) is 16.7 Å². The number of halogens is 2. The van der Waals surface area contributed by atoms with E-state index in [9.17, 15) is 8.42 Å². The molecule has 0 saturated heterocycles. The van der Waals surface area contributed by atoms with Crippen LogP contribution in [0.1, 0.15) is 11.1 Å². The molecule has 0 fully saturated rings. The van der Waals surface area contributed by atoms with E-state index in [-0.39, 0.29) is 4.90 Å². The summed E-state index contributed by atoms with van der Waals surface area (Å²) in [5.41, 5.74) is 2.35. The maximum atomic E-state index is 11.5. The molecule has 0 atom stereocenters. The summed E-state index contributed by atoms with van der Waals surface area (Å²) in [7, 11) is -3.72. The van der Waals surface area contributed by atoms with Gasteiger partial charge >= 0.3 is 0 Å². The van der Waals surface area contributed by atoms with Crippen LogP contribution in [0.25, 0.3) is 0 Å². The van der Waals surface area contributed by atoms with Crippen LogP contribution in [0.2, 0.25) is 5.02 Å². The van der Waals surface area contributed by atoms with Crippen LogP contribution in [0.5, 0.6) is 0 Å². The van der Waals surface area contributed by atoms with Gasteiger partial charge in [-0.05, 0) is 58.2 Å². The van der Waals surface area contributed by atoms with Gasteiger partial charge in [0.05, 0.1) is 9.92 Å². The highest BCUT2D eigenvalue weighted by atomic mass is 79.9. The molecule has 2 aromatic rings. The topological polar surface area (TPSA) is 72.2 Å². The summed E-state index contributed by atoms with van der Waals surface area (Å²) in [5, 5.41) is 9.04. The van der Waals surface area contributed by atoms with Gasteiger partial charge in [0.15, 0.2) is 0 Å². The van der Waals surface area contributed by atoms with E-state index in [0.717, 1.165) is 15.7 Å². The molecular formula is C14H14BrClN2O2S. The lowest BCUT2D eigenvalue weighted by molar-refractivity contribution is 0.597. The average molecular weight is 390 g/mol. The minimum Gasteiger partial charge on any atom is -0.381 e. The van der Waals surface area contributed by atoms with Gasteiger partial charge in [-0.3, -0.25) is 0 Å². The van der Waals surface area contributed by atoms with Gasteiger partial charge in [0, 0.05) is 16.7 Å². The molecule has 21 heavy (non-hydrogen) atoms. The van der Waals surface area contributed by atoms with Crippen LogP contribution in [0.4, 0.5) is 5.69 Å². The van der Waals surface area contributed by atoms with E-state index in [1.54, 1.807) is 19.1 Å². The van der Waals surface area contributed by atoms with Gasteiger partial charge < -0.3 is 5.32 Å². The quantitative estimate of drug-likeness (QED) is 0.838. The monoisotopic (exact) mass is 388 g/mol. The fraction of sp³-hybridized carbons (Fsp3) is 0.143. The van der Waals surface area contributed by atoms with Crippen LogP contribution in [-0.2, 0) is 16.6 Å². The summed E-state index contributed by atoms with van der Waals surface area (Å²) in [6, 6.07) is 10.6. The van der Waals surface area contributed by atoms with E-state index >= 15 is 0 Å². The molecule has 0 unspecified atom stereocenters. The Labute approximate surface area is 137 Å². The minimum absolute atomic E-state index is 0.129. The van der Waals surface area contributed by atoms with E-state index in [2.05, 4.69) is 21.2 Å². The van der Waals surface area contributed by atoms with Crippen LogP contribution >= 0.6 is 27.5 Å². The zero-order chi connectivity index (χ0) is 15.6. The third-order valence-corrected chi connectivity index (χ3v) is 5.33. The number of anilines is 1. The second-order valence-corrected chi connectivity index (χ2v) is 7.37. The summed E-state index contributed by atoms with van der Waals surface area (Å²) in [6.45, 7) is 2.27. The standard InChI is InChI=1S/C14H14BrClN2O2S/c1-9-13(3-2-4-14(9)21(17,19)20)18-8-10-5-6-12(16)11(15)7-10/h2-7,18H,8H2,1H3,(H2,17,19,20). The third kappa shape index (κ3) is 3.97. The first-order valence-electron chi connectivity index (χ1n) is 6.09. The zero-order valence-corrected chi connectivity index (χ0v) is 14.4. The van der Waals surface area contributed by atoms with Crippen molar-refractivity contribution in [3.63, 3.8) is 0 Å². The molecule has 0 amide bonds. The average Bonchev–Trinajstić information content (AvgIpc) is 2.40. The molecule has 7 heteroatoms. The normalized spacial score (nSPS) is 11.4. The molecule has 0 heterocycles. The molecule has 2 rings (SSSR count). The van der Waals surface area contributed by atoms with E-state index in [0.29, 0.717) is 17.1 Å². The Morgan fingerprint density at radius 3 is 2.62 bits per heavy atom. The van der Waals surface area contributed by atoms with Crippen molar-refractivity contribution in [3.8, 4) is 0 Å². The first-order chi connectivity index (χ1) is 9.79. The fourth-order valence-corrected chi connectivity index (χ4v) is 3.31. The van der Waals surface area contributed by atoms with Crippen LogP contribution in [0, 0.1) is 6.92 Å². The summed E-state index contributed by atoms with van der Waals surface area (Å²) in [5.74, 6) is 0. The van der Waals surface area contributed by atoms with E-state index < -0.39 is 10.0 Å². The summed E-state index contributed by atoms with van der Waals surface area (Å²) in [4.78, 5) is 0.129. The molecule has 0 radical (unpaired) electrons. The molecule has 0 aliphatic heterocycles. The van der Waals surface area contributed by atoms with Crippen LogP contribution in [0.15, 0.2) is 45.8 Å². The summed E-state index contributed by atoms with van der Waals surface area (Å²) in [6.07, 6.45) is 0. The molecule has 112 valence electrons. The molecule has 0 bridgehead atoms. The summed E-state index contributed by atoms with van der Waals surface area (Å²) >= 11 is 9.32. The number of hydrogen-bond acceptors (Lipinski definition) is 3. The second kappa shape index (κ2) is 6.36. The lowest BCUT2D eigenvalue weighted by Gasteiger charge is -2.12. The van der Waals surface area contributed by atoms with Crippen molar-refractivity contribution in [1.82, 2.24) is 0 Å². The number of nitrogens with one attached hydrogen (secondary N) is 1. The zero-order valence-electron chi connectivity index (χ0n) is 11.2. The number of primary sulfonamides is 1. The molecule has 3 N–H and O–H groups in total. The van der Waals surface area contributed by atoms with Crippen LogP contribution in [0.3, 0.4) is 0 Å². The number of rotatable bonds is 4. The Balaban J connectivity index is 2.23. The molecule has 0 aromatic heterocycles. The van der Waals surface area contributed by atoms with Gasteiger partial charge in [-0.2, -0.15) is 0 Å². The van der Waals surface area contributed by atoms with Crippen molar-refractivity contribution in [3.05, 3.63) is 57.0 Å². The van der Waals surface area contributed by atoms with Crippen molar-refractivity contribution in [2.45, 2.75) is 18.4 Å². The van der Waals surface area contributed by atoms with Gasteiger partial charge in [0.25, 0.3) is 0 Å². The van der Waals surface area contributed by atoms with Gasteiger partial charge in [-0.15, -0.1) is 0 Å². The highest BCUT2D eigenvalue weighted by Gasteiger charge is 2.13. The molecule has 0 spiro atoms. The van der Waals surface area contributed by atoms with Crippen molar-refractivity contribution in [2.24, 2.45) is 5.14 Å². The Kier molecular flexibility index (Phi) is 4.93. The largest absolute Gasteiger partial charge is 0.381 e. The van der Waals surface area contributed by atoms with Crippen molar-refractivity contribution < 1.29 is 8.42 Å². The fourth-order valence-electron chi connectivity index (χ4n) is 1.96. The maximum absolute atomic E-state index is 11.5. The van der Waals surface area contributed by atoms with Crippen molar-refractivity contribution in [2.75, 3.05) is 5.32 Å². The summed E-state index contributed by atoms with van der Waals surface area (Å²) < 4.78 is 23.8. The van der Waals surface area contributed by atoms with E-state index in [1.165, 1.54) is 6.07 Å². The van der Waals surface area contributed by atoms with Crippen molar-refractivity contribution in [1.29, 1.82) is 0 Å². The van der Waals surface area contributed by atoms with Gasteiger partial charge in [0.2, 0.25) is 10.0 Å². The Hall–Kier alpha value is -1.08. The van der Waals surface area contributed by atoms with Gasteiger partial charge in [-0.25, -0.2) is 13.6 Å². The number of benzene rings is 2. The van der Waals surface area contributed by atoms with Crippen molar-refractivity contribution >= 4 is 43.2 Å². The molecule has 0 aliphatic carbocycles. The molecule has 4 nitrogen and oxygen atoms in total. The Bertz CT molecular complexity index is 779. The maximum Gasteiger partial charge on any atom is 0.238 e. The molecular weight excluding hydrogens is 376 g/mol. The smallest absolute Gasteiger partial charge is 0.238 e. The van der Waals surface area contributed by atoms with Gasteiger partial charge in [-0.1, -0.05) is 23.7 Å². The minimum atomic E-state index is -3.72. The molecule has 0 aliphatic rings.